The van der Waals surface area contributed by atoms with E-state index >= 15 is 0 Å². The number of non-ortho nitro benzene ring substituents is 1. The van der Waals surface area contributed by atoms with Gasteiger partial charge in [-0.3, -0.25) is 14.9 Å². The fraction of sp³-hybridized carbons (Fsp3) is 0.125. The molecule has 0 spiro atoms. The molecule has 0 radical (unpaired) electrons. The number of amides is 1. The van der Waals surface area contributed by atoms with E-state index in [0.29, 0.717) is 10.6 Å². The first kappa shape index (κ1) is 18.7. The van der Waals surface area contributed by atoms with E-state index in [1.54, 1.807) is 18.2 Å². The van der Waals surface area contributed by atoms with Crippen LogP contribution in [0.4, 0.5) is 11.4 Å². The number of hydrogen-bond donors (Lipinski definition) is 2. The Hall–Kier alpha value is -2.64. The number of rotatable bonds is 6. The number of halogens is 2. The first-order valence-electron chi connectivity index (χ1n) is 7.13. The van der Waals surface area contributed by atoms with Crippen molar-refractivity contribution in [2.45, 2.75) is 6.92 Å². The second-order valence-electron chi connectivity index (χ2n) is 5.02. The molecule has 0 fully saturated rings. The molecule has 1 amide bonds. The summed E-state index contributed by atoms with van der Waals surface area (Å²) < 4.78 is 0. The lowest BCUT2D eigenvalue weighted by molar-refractivity contribution is -0.384. The summed E-state index contributed by atoms with van der Waals surface area (Å²) in [5.41, 5.74) is 4.11. The van der Waals surface area contributed by atoms with E-state index in [1.165, 1.54) is 24.4 Å². The molecule has 7 nitrogen and oxygen atoms in total. The molecule has 0 aliphatic carbocycles. The van der Waals surface area contributed by atoms with Gasteiger partial charge in [-0.15, -0.1) is 0 Å². The molecule has 0 bridgehead atoms. The minimum Gasteiger partial charge on any atom is -0.376 e. The summed E-state index contributed by atoms with van der Waals surface area (Å²) in [5, 5.41) is 18.3. The minimum atomic E-state index is -0.538. The van der Waals surface area contributed by atoms with Crippen LogP contribution in [0.1, 0.15) is 11.1 Å². The highest BCUT2D eigenvalue weighted by Gasteiger charge is 2.08. The summed E-state index contributed by atoms with van der Waals surface area (Å²) in [4.78, 5) is 22.0. The van der Waals surface area contributed by atoms with Gasteiger partial charge in [0.15, 0.2) is 0 Å². The Kier molecular flexibility index (Phi) is 6.32. The summed E-state index contributed by atoms with van der Waals surface area (Å²) in [5.74, 6) is -0.392. The molecular formula is C16H14Cl2N4O3. The van der Waals surface area contributed by atoms with E-state index in [-0.39, 0.29) is 17.3 Å². The predicted molar refractivity (Wildman–Crippen MR) is 98.5 cm³/mol. The highest BCUT2D eigenvalue weighted by Crippen LogP contribution is 2.22. The third kappa shape index (κ3) is 5.17. The van der Waals surface area contributed by atoms with Crippen molar-refractivity contribution < 1.29 is 9.72 Å². The van der Waals surface area contributed by atoms with E-state index in [0.717, 1.165) is 11.3 Å². The maximum absolute atomic E-state index is 11.8. The zero-order valence-electron chi connectivity index (χ0n) is 13.1. The highest BCUT2D eigenvalue weighted by atomic mass is 35.5. The molecule has 2 aromatic rings. The van der Waals surface area contributed by atoms with Crippen molar-refractivity contribution in [3.05, 3.63) is 67.7 Å². The summed E-state index contributed by atoms with van der Waals surface area (Å²) in [6.45, 7) is 1.83. The number of nitro groups is 1. The van der Waals surface area contributed by atoms with E-state index in [2.05, 4.69) is 15.8 Å². The normalized spacial score (nSPS) is 10.7. The van der Waals surface area contributed by atoms with Crippen LogP contribution in [0.3, 0.4) is 0 Å². The third-order valence-electron chi connectivity index (χ3n) is 3.29. The van der Waals surface area contributed by atoms with Gasteiger partial charge in [-0.25, -0.2) is 5.43 Å². The van der Waals surface area contributed by atoms with Crippen LogP contribution in [-0.2, 0) is 4.79 Å². The van der Waals surface area contributed by atoms with E-state index in [9.17, 15) is 14.9 Å². The van der Waals surface area contributed by atoms with Crippen molar-refractivity contribution >= 4 is 46.7 Å². The lowest BCUT2D eigenvalue weighted by Crippen LogP contribution is -2.26. The first-order chi connectivity index (χ1) is 11.9. The van der Waals surface area contributed by atoms with Gasteiger partial charge < -0.3 is 5.32 Å². The van der Waals surface area contributed by atoms with Crippen LogP contribution in [-0.4, -0.2) is 23.6 Å². The fourth-order valence-electron chi connectivity index (χ4n) is 1.93. The quantitative estimate of drug-likeness (QED) is 0.452. The number of anilines is 1. The molecule has 2 rings (SSSR count). The molecule has 2 N–H and O–H groups in total. The zero-order valence-corrected chi connectivity index (χ0v) is 14.6. The topological polar surface area (TPSA) is 96.6 Å². The van der Waals surface area contributed by atoms with E-state index in [4.69, 9.17) is 23.2 Å². The van der Waals surface area contributed by atoms with E-state index < -0.39 is 10.8 Å². The Labute approximate surface area is 153 Å². The lowest BCUT2D eigenvalue weighted by atomic mass is 10.2. The molecule has 0 aliphatic heterocycles. The Morgan fingerprint density at radius 2 is 2.04 bits per heavy atom. The molecule has 0 saturated carbocycles. The minimum absolute atomic E-state index is 0.0127. The van der Waals surface area contributed by atoms with Crippen LogP contribution >= 0.6 is 23.2 Å². The van der Waals surface area contributed by atoms with Gasteiger partial charge in [0.1, 0.15) is 0 Å². The smallest absolute Gasteiger partial charge is 0.270 e. The van der Waals surface area contributed by atoms with Crippen LogP contribution in [0.5, 0.6) is 0 Å². The van der Waals surface area contributed by atoms with Crippen molar-refractivity contribution in [1.29, 1.82) is 0 Å². The van der Waals surface area contributed by atoms with Crippen LogP contribution in [0.15, 0.2) is 41.5 Å². The number of hydrogen-bond acceptors (Lipinski definition) is 5. The van der Waals surface area contributed by atoms with Crippen LogP contribution in [0.2, 0.25) is 10.0 Å². The maximum atomic E-state index is 11.8. The fourth-order valence-corrected chi connectivity index (χ4v) is 2.27. The highest BCUT2D eigenvalue weighted by molar-refractivity contribution is 6.33. The molecule has 9 heteroatoms. The van der Waals surface area contributed by atoms with Gasteiger partial charge in [-0.2, -0.15) is 5.10 Å². The first-order valence-corrected chi connectivity index (χ1v) is 7.89. The molecule has 0 heterocycles. The number of benzene rings is 2. The third-order valence-corrected chi connectivity index (χ3v) is 4.04. The van der Waals surface area contributed by atoms with Gasteiger partial charge in [0.2, 0.25) is 0 Å². The zero-order chi connectivity index (χ0) is 18.4. The largest absolute Gasteiger partial charge is 0.376 e. The van der Waals surface area contributed by atoms with Crippen molar-refractivity contribution in [2.24, 2.45) is 5.10 Å². The van der Waals surface area contributed by atoms with Crippen molar-refractivity contribution in [3.8, 4) is 0 Å². The molecule has 0 aromatic heterocycles. The number of carbonyl (C=O) groups excluding carboxylic acids is 1. The van der Waals surface area contributed by atoms with Gasteiger partial charge in [-0.05, 0) is 30.7 Å². The molecule has 0 saturated heterocycles. The van der Waals surface area contributed by atoms with Gasteiger partial charge in [-0.1, -0.05) is 29.3 Å². The number of carbonyl (C=O) groups is 1. The molecule has 0 aliphatic rings. The average Bonchev–Trinajstić information content (AvgIpc) is 2.57. The van der Waals surface area contributed by atoms with Crippen LogP contribution < -0.4 is 10.7 Å². The Morgan fingerprint density at radius 3 is 2.76 bits per heavy atom. The number of hydrazone groups is 1. The summed E-state index contributed by atoms with van der Waals surface area (Å²) in [6, 6.07) is 9.29. The monoisotopic (exact) mass is 380 g/mol. The molecule has 0 atom stereocenters. The SMILES string of the molecule is Cc1c(Cl)cccc1NCC(=O)N/N=C\c1cc([N+](=O)[O-])ccc1Cl. The van der Waals surface area contributed by atoms with Gasteiger partial charge >= 0.3 is 0 Å². The Morgan fingerprint density at radius 1 is 1.28 bits per heavy atom. The Balaban J connectivity index is 1.93. The number of nitrogens with zero attached hydrogens (tertiary/aromatic N) is 2. The number of nitro benzene ring substituents is 1. The van der Waals surface area contributed by atoms with Crippen molar-refractivity contribution in [1.82, 2.24) is 5.43 Å². The summed E-state index contributed by atoms with van der Waals surface area (Å²) in [6.07, 6.45) is 1.25. The molecule has 25 heavy (non-hydrogen) atoms. The van der Waals surface area contributed by atoms with Crippen LogP contribution in [0.25, 0.3) is 0 Å². The van der Waals surface area contributed by atoms with Crippen molar-refractivity contribution in [2.75, 3.05) is 11.9 Å². The predicted octanol–water partition coefficient (Wildman–Crippen LogP) is 3.77. The number of nitrogens with one attached hydrogen (secondary N) is 2. The van der Waals surface area contributed by atoms with Gasteiger partial charge in [0.05, 0.1) is 17.7 Å². The molecule has 2 aromatic carbocycles. The molecule has 130 valence electrons. The summed E-state index contributed by atoms with van der Waals surface area (Å²) in [7, 11) is 0. The average molecular weight is 381 g/mol. The van der Waals surface area contributed by atoms with Gasteiger partial charge in [0, 0.05) is 33.4 Å². The lowest BCUT2D eigenvalue weighted by Gasteiger charge is -2.09. The summed E-state index contributed by atoms with van der Waals surface area (Å²) >= 11 is 11.9. The van der Waals surface area contributed by atoms with Crippen LogP contribution in [0, 0.1) is 17.0 Å². The Bertz CT molecular complexity index is 840. The van der Waals surface area contributed by atoms with Gasteiger partial charge in [0.25, 0.3) is 11.6 Å². The second-order valence-corrected chi connectivity index (χ2v) is 5.84. The van der Waals surface area contributed by atoms with Crippen molar-refractivity contribution in [3.63, 3.8) is 0 Å². The standard InChI is InChI=1S/C16H14Cl2N4O3/c1-10-13(17)3-2-4-15(10)19-9-16(23)21-20-8-11-7-12(22(24)25)5-6-14(11)18/h2-8,19H,9H2,1H3,(H,21,23)/b20-8-. The second kappa shape index (κ2) is 8.46. The maximum Gasteiger partial charge on any atom is 0.270 e. The molecule has 0 unspecified atom stereocenters. The van der Waals surface area contributed by atoms with E-state index in [1.807, 2.05) is 6.92 Å². The molecular weight excluding hydrogens is 367 g/mol.